The highest BCUT2D eigenvalue weighted by Crippen LogP contribution is 2.40. The van der Waals surface area contributed by atoms with Crippen LogP contribution in [0.15, 0.2) is 60.2 Å². The molecule has 2 aromatic rings. The number of aliphatic hydroxyl groups is 1. The monoisotopic (exact) mass is 325 g/mol. The highest BCUT2D eigenvalue weighted by atomic mass is 16.6. The van der Waals surface area contributed by atoms with Gasteiger partial charge in [0.2, 0.25) is 0 Å². The zero-order valence-corrected chi connectivity index (χ0v) is 12.9. The molecule has 1 aliphatic heterocycles. The third-order valence-corrected chi connectivity index (χ3v) is 4.15. The number of nitro benzene ring substituents is 1. The summed E-state index contributed by atoms with van der Waals surface area (Å²) < 4.78 is 5.08. The number of allylic oxidation sites excluding steroid dienone is 1. The summed E-state index contributed by atoms with van der Waals surface area (Å²) in [5, 5.41) is 22.0. The fourth-order valence-electron chi connectivity index (χ4n) is 2.89. The third kappa shape index (κ3) is 2.57. The van der Waals surface area contributed by atoms with Crippen LogP contribution < -0.4 is 0 Å². The van der Waals surface area contributed by atoms with Crippen LogP contribution in [0.2, 0.25) is 0 Å². The van der Waals surface area contributed by atoms with Gasteiger partial charge in [-0.3, -0.25) is 10.1 Å². The third-order valence-electron chi connectivity index (χ3n) is 4.15. The molecular formula is C18H15NO5. The number of nitrogens with zero attached hydrogens (tertiary/aromatic N) is 1. The van der Waals surface area contributed by atoms with E-state index in [4.69, 9.17) is 4.74 Å². The van der Waals surface area contributed by atoms with Crippen molar-refractivity contribution in [2.24, 2.45) is 0 Å². The molecule has 24 heavy (non-hydrogen) atoms. The van der Waals surface area contributed by atoms with E-state index in [-0.39, 0.29) is 17.9 Å². The molecule has 1 atom stereocenters. The lowest BCUT2D eigenvalue weighted by atomic mass is 9.84. The number of rotatable bonds is 3. The average molecular weight is 325 g/mol. The molecule has 6 nitrogen and oxygen atoms in total. The Hall–Kier alpha value is -2.99. The van der Waals surface area contributed by atoms with Crippen molar-refractivity contribution in [1.82, 2.24) is 0 Å². The van der Waals surface area contributed by atoms with E-state index in [0.717, 1.165) is 0 Å². The molecule has 0 spiro atoms. The second-order valence-electron chi connectivity index (χ2n) is 5.61. The number of benzene rings is 2. The van der Waals surface area contributed by atoms with Crippen molar-refractivity contribution < 1.29 is 19.6 Å². The number of hydrogen-bond acceptors (Lipinski definition) is 5. The van der Waals surface area contributed by atoms with Gasteiger partial charge in [0.15, 0.2) is 5.60 Å². The molecule has 6 heteroatoms. The van der Waals surface area contributed by atoms with E-state index in [1.165, 1.54) is 12.1 Å². The molecule has 1 fully saturated rings. The van der Waals surface area contributed by atoms with Crippen LogP contribution in [0.4, 0.5) is 5.69 Å². The van der Waals surface area contributed by atoms with Crippen molar-refractivity contribution in [1.29, 1.82) is 0 Å². The van der Waals surface area contributed by atoms with Gasteiger partial charge in [0.05, 0.1) is 10.5 Å². The molecule has 0 aliphatic carbocycles. The van der Waals surface area contributed by atoms with E-state index in [1.54, 1.807) is 49.4 Å². The molecule has 0 radical (unpaired) electrons. The number of non-ortho nitro benzene ring substituents is 1. The quantitative estimate of drug-likeness (QED) is 0.406. The molecule has 0 bridgehead atoms. The summed E-state index contributed by atoms with van der Waals surface area (Å²) in [6.07, 6.45) is 0. The van der Waals surface area contributed by atoms with E-state index in [9.17, 15) is 20.0 Å². The number of ether oxygens (including phenoxy) is 1. The fraction of sp³-hybridized carbons (Fsp3) is 0.167. The molecule has 0 aromatic heterocycles. The first-order chi connectivity index (χ1) is 11.4. The zero-order valence-electron chi connectivity index (χ0n) is 12.9. The summed E-state index contributed by atoms with van der Waals surface area (Å²) in [5.41, 5.74) is -0.0700. The number of carbonyl (C=O) groups excluding carboxylic acids is 1. The Balaban J connectivity index is 2.16. The van der Waals surface area contributed by atoms with Crippen LogP contribution in [0.5, 0.6) is 0 Å². The number of hydrogen-bond donors (Lipinski definition) is 1. The fourth-order valence-corrected chi connectivity index (χ4v) is 2.89. The SMILES string of the molecule is C/C(=C1\C(=O)OCC1(O)c1ccccc1)c1cccc([N+](=O)[O-])c1. The molecule has 3 rings (SSSR count). The van der Waals surface area contributed by atoms with Crippen LogP contribution in [-0.4, -0.2) is 22.6 Å². The van der Waals surface area contributed by atoms with E-state index in [2.05, 4.69) is 0 Å². The van der Waals surface area contributed by atoms with E-state index >= 15 is 0 Å². The van der Waals surface area contributed by atoms with Crippen molar-refractivity contribution in [2.45, 2.75) is 12.5 Å². The Kier molecular flexibility index (Phi) is 3.91. The van der Waals surface area contributed by atoms with Gasteiger partial charge in [0.25, 0.3) is 5.69 Å². The number of nitro groups is 1. The Labute approximate surface area is 138 Å². The molecular weight excluding hydrogens is 310 g/mol. The van der Waals surface area contributed by atoms with Crippen LogP contribution in [-0.2, 0) is 15.1 Å². The van der Waals surface area contributed by atoms with Gasteiger partial charge >= 0.3 is 5.97 Å². The van der Waals surface area contributed by atoms with Gasteiger partial charge in [-0.05, 0) is 23.6 Å². The number of esters is 1. The number of cyclic esters (lactones) is 1. The highest BCUT2D eigenvalue weighted by molar-refractivity contribution is 6.01. The lowest BCUT2D eigenvalue weighted by Crippen LogP contribution is -2.29. The first-order valence-electron chi connectivity index (χ1n) is 7.34. The lowest BCUT2D eigenvalue weighted by molar-refractivity contribution is -0.384. The van der Waals surface area contributed by atoms with Crippen LogP contribution in [0.25, 0.3) is 5.57 Å². The predicted molar refractivity (Wildman–Crippen MR) is 87.0 cm³/mol. The topological polar surface area (TPSA) is 89.7 Å². The predicted octanol–water partition coefficient (Wildman–Crippen LogP) is 2.81. The van der Waals surface area contributed by atoms with E-state index in [1.807, 2.05) is 0 Å². The highest BCUT2D eigenvalue weighted by Gasteiger charge is 2.47. The van der Waals surface area contributed by atoms with Gasteiger partial charge in [0, 0.05) is 12.1 Å². The zero-order chi connectivity index (χ0) is 17.3. The van der Waals surface area contributed by atoms with Gasteiger partial charge < -0.3 is 9.84 Å². The van der Waals surface area contributed by atoms with Gasteiger partial charge in [0.1, 0.15) is 6.61 Å². The first-order valence-corrected chi connectivity index (χ1v) is 7.34. The van der Waals surface area contributed by atoms with Crippen molar-refractivity contribution in [3.63, 3.8) is 0 Å². The smallest absolute Gasteiger partial charge is 0.337 e. The van der Waals surface area contributed by atoms with Gasteiger partial charge in [-0.25, -0.2) is 4.79 Å². The minimum Gasteiger partial charge on any atom is -0.458 e. The standard InChI is InChI=1S/C18H15NO5/c1-12(13-6-5-9-15(10-13)19(22)23)16-17(20)24-11-18(16,21)14-7-3-2-4-8-14/h2-10,21H,11H2,1H3/b16-12-. The molecule has 0 saturated carbocycles. The summed E-state index contributed by atoms with van der Waals surface area (Å²) in [6, 6.07) is 14.7. The molecule has 1 unspecified atom stereocenters. The Morgan fingerprint density at radius 3 is 2.58 bits per heavy atom. The Bertz CT molecular complexity index is 843. The van der Waals surface area contributed by atoms with Crippen molar-refractivity contribution in [3.05, 3.63) is 81.4 Å². The second kappa shape index (κ2) is 5.90. The maximum absolute atomic E-state index is 12.2. The lowest BCUT2D eigenvalue weighted by Gasteiger charge is -2.23. The maximum Gasteiger partial charge on any atom is 0.337 e. The summed E-state index contributed by atoms with van der Waals surface area (Å²) in [6.45, 7) is 1.46. The van der Waals surface area contributed by atoms with Crippen LogP contribution in [0.1, 0.15) is 18.1 Å². The van der Waals surface area contributed by atoms with Crippen LogP contribution >= 0.6 is 0 Å². The molecule has 2 aromatic carbocycles. The van der Waals surface area contributed by atoms with Gasteiger partial charge in [-0.1, -0.05) is 42.5 Å². The second-order valence-corrected chi connectivity index (χ2v) is 5.61. The summed E-state index contributed by atoms with van der Waals surface area (Å²) >= 11 is 0. The summed E-state index contributed by atoms with van der Waals surface area (Å²) in [7, 11) is 0. The molecule has 122 valence electrons. The van der Waals surface area contributed by atoms with E-state index in [0.29, 0.717) is 16.7 Å². The summed E-state index contributed by atoms with van der Waals surface area (Å²) in [4.78, 5) is 22.7. The minimum atomic E-state index is -1.58. The molecule has 1 saturated heterocycles. The normalized spacial score (nSPS) is 22.2. The van der Waals surface area contributed by atoms with Crippen molar-refractivity contribution >= 4 is 17.2 Å². The Morgan fingerprint density at radius 1 is 1.21 bits per heavy atom. The first kappa shape index (κ1) is 15.9. The van der Waals surface area contributed by atoms with Crippen LogP contribution in [0.3, 0.4) is 0 Å². The minimum absolute atomic E-state index is 0.0814. The summed E-state index contributed by atoms with van der Waals surface area (Å²) in [5.74, 6) is -0.620. The largest absolute Gasteiger partial charge is 0.458 e. The number of carbonyl (C=O) groups is 1. The molecule has 0 amide bonds. The van der Waals surface area contributed by atoms with E-state index < -0.39 is 16.5 Å². The van der Waals surface area contributed by atoms with Crippen molar-refractivity contribution in [2.75, 3.05) is 6.61 Å². The average Bonchev–Trinajstić information content (AvgIpc) is 2.91. The van der Waals surface area contributed by atoms with Gasteiger partial charge in [-0.2, -0.15) is 0 Å². The Morgan fingerprint density at radius 2 is 1.92 bits per heavy atom. The van der Waals surface area contributed by atoms with Crippen molar-refractivity contribution in [3.8, 4) is 0 Å². The van der Waals surface area contributed by atoms with Gasteiger partial charge in [-0.15, -0.1) is 0 Å². The molecule has 1 heterocycles. The molecule has 1 aliphatic rings. The maximum atomic E-state index is 12.2. The van der Waals surface area contributed by atoms with Crippen LogP contribution in [0, 0.1) is 10.1 Å². The molecule has 1 N–H and O–H groups in total.